The van der Waals surface area contributed by atoms with Crippen molar-refractivity contribution in [2.75, 3.05) is 12.4 Å². The van der Waals surface area contributed by atoms with Crippen LogP contribution in [0.3, 0.4) is 0 Å². The number of rotatable bonds is 8. The minimum atomic E-state index is -0.197. The van der Waals surface area contributed by atoms with Crippen LogP contribution in [0, 0.1) is 0 Å². The molecule has 0 spiro atoms. The van der Waals surface area contributed by atoms with E-state index in [0.717, 1.165) is 42.7 Å². The van der Waals surface area contributed by atoms with E-state index in [0.29, 0.717) is 16.8 Å². The Labute approximate surface area is 213 Å². The van der Waals surface area contributed by atoms with E-state index in [1.807, 2.05) is 36.4 Å². The Hall–Kier alpha value is -3.86. The molecular formula is C31H34N2O3. The lowest BCUT2D eigenvalue weighted by molar-refractivity contribution is 0.102. The molecule has 1 amide bonds. The SMILES string of the molecule is CCCCc1ccc(C(=O)Nc2cccc(C(=O)C=C3NC(C)(C)Cc4ccc(OC)cc43)c2)cc1. The number of methoxy groups -OCH3 is 1. The molecule has 0 saturated heterocycles. The van der Waals surface area contributed by atoms with Crippen LogP contribution in [0.15, 0.2) is 72.8 Å². The lowest BCUT2D eigenvalue weighted by atomic mass is 9.85. The van der Waals surface area contributed by atoms with E-state index in [-0.39, 0.29) is 17.2 Å². The smallest absolute Gasteiger partial charge is 0.255 e. The largest absolute Gasteiger partial charge is 0.497 e. The third-order valence-electron chi connectivity index (χ3n) is 6.43. The second-order valence-electron chi connectivity index (χ2n) is 9.97. The highest BCUT2D eigenvalue weighted by Crippen LogP contribution is 2.32. The van der Waals surface area contributed by atoms with Gasteiger partial charge in [-0.05, 0) is 80.6 Å². The lowest BCUT2D eigenvalue weighted by Crippen LogP contribution is -2.43. The van der Waals surface area contributed by atoms with Gasteiger partial charge in [-0.15, -0.1) is 0 Å². The molecule has 5 heteroatoms. The number of carbonyl (C=O) groups is 2. The summed E-state index contributed by atoms with van der Waals surface area (Å²) in [4.78, 5) is 26.0. The van der Waals surface area contributed by atoms with Crippen molar-refractivity contribution in [2.24, 2.45) is 0 Å². The highest BCUT2D eigenvalue weighted by atomic mass is 16.5. The van der Waals surface area contributed by atoms with E-state index in [9.17, 15) is 9.59 Å². The maximum absolute atomic E-state index is 13.3. The number of unbranched alkanes of at least 4 members (excludes halogenated alkanes) is 1. The molecule has 0 saturated carbocycles. The highest BCUT2D eigenvalue weighted by molar-refractivity contribution is 6.10. The maximum atomic E-state index is 13.3. The standard InChI is InChI=1S/C31H34N2O3/c1-5-6-8-21-11-13-22(14-12-21)30(35)32-25-10-7-9-23(17-25)29(34)19-28-27-18-26(36-4)16-15-24(27)20-31(2,3)33-28/h7,9-19,33H,5-6,8,20H2,1-4H3,(H,32,35). The average molecular weight is 483 g/mol. The van der Waals surface area contributed by atoms with Crippen LogP contribution in [0.2, 0.25) is 0 Å². The summed E-state index contributed by atoms with van der Waals surface area (Å²) in [5.74, 6) is 0.411. The summed E-state index contributed by atoms with van der Waals surface area (Å²) in [5, 5.41) is 6.42. The molecule has 0 bridgehead atoms. The van der Waals surface area contributed by atoms with Gasteiger partial charge in [-0.25, -0.2) is 0 Å². The molecule has 3 aromatic rings. The normalized spacial score (nSPS) is 15.1. The summed E-state index contributed by atoms with van der Waals surface area (Å²) in [6.45, 7) is 6.40. The van der Waals surface area contributed by atoms with Gasteiger partial charge in [0.15, 0.2) is 5.78 Å². The zero-order chi connectivity index (χ0) is 25.7. The molecule has 0 fully saturated rings. The van der Waals surface area contributed by atoms with Crippen molar-refractivity contribution in [1.82, 2.24) is 5.32 Å². The molecule has 1 aliphatic heterocycles. The molecule has 0 aromatic heterocycles. The number of hydrogen-bond donors (Lipinski definition) is 2. The molecule has 1 aliphatic rings. The van der Waals surface area contributed by atoms with Gasteiger partial charge in [0, 0.05) is 39.7 Å². The monoisotopic (exact) mass is 482 g/mol. The van der Waals surface area contributed by atoms with E-state index >= 15 is 0 Å². The Balaban J connectivity index is 1.53. The van der Waals surface area contributed by atoms with Gasteiger partial charge in [0.05, 0.1) is 7.11 Å². The molecule has 1 heterocycles. The Kier molecular flexibility index (Phi) is 7.58. The fourth-order valence-corrected chi connectivity index (χ4v) is 4.53. The van der Waals surface area contributed by atoms with Gasteiger partial charge in [0.2, 0.25) is 0 Å². The van der Waals surface area contributed by atoms with Crippen molar-refractivity contribution in [1.29, 1.82) is 0 Å². The van der Waals surface area contributed by atoms with E-state index in [1.165, 1.54) is 11.1 Å². The van der Waals surface area contributed by atoms with Gasteiger partial charge in [-0.3, -0.25) is 9.59 Å². The van der Waals surface area contributed by atoms with Crippen LogP contribution in [-0.4, -0.2) is 24.3 Å². The Morgan fingerprint density at radius 3 is 2.53 bits per heavy atom. The molecule has 4 rings (SSSR count). The number of carbonyl (C=O) groups excluding carboxylic acids is 2. The first kappa shape index (κ1) is 25.2. The van der Waals surface area contributed by atoms with Crippen molar-refractivity contribution < 1.29 is 14.3 Å². The van der Waals surface area contributed by atoms with Crippen molar-refractivity contribution in [3.05, 3.63) is 101 Å². The lowest BCUT2D eigenvalue weighted by Gasteiger charge is -2.35. The van der Waals surface area contributed by atoms with Crippen LogP contribution in [-0.2, 0) is 12.8 Å². The molecule has 5 nitrogen and oxygen atoms in total. The zero-order valence-corrected chi connectivity index (χ0v) is 21.5. The number of hydrogen-bond acceptors (Lipinski definition) is 4. The second kappa shape index (κ2) is 10.8. The number of allylic oxidation sites excluding steroid dienone is 1. The summed E-state index contributed by atoms with van der Waals surface area (Å²) in [7, 11) is 1.64. The first-order valence-corrected chi connectivity index (χ1v) is 12.5. The predicted octanol–water partition coefficient (Wildman–Crippen LogP) is 6.44. The summed E-state index contributed by atoms with van der Waals surface area (Å²) >= 11 is 0. The number of ether oxygens (including phenoxy) is 1. The number of nitrogens with one attached hydrogen (secondary N) is 2. The van der Waals surface area contributed by atoms with E-state index in [4.69, 9.17) is 4.74 Å². The van der Waals surface area contributed by atoms with Crippen LogP contribution in [0.4, 0.5) is 5.69 Å². The van der Waals surface area contributed by atoms with Crippen molar-refractivity contribution in [2.45, 2.75) is 52.0 Å². The number of ketones is 1. The zero-order valence-electron chi connectivity index (χ0n) is 21.5. The quantitative estimate of drug-likeness (QED) is 0.286. The predicted molar refractivity (Wildman–Crippen MR) is 146 cm³/mol. The van der Waals surface area contributed by atoms with Crippen molar-refractivity contribution in [3.8, 4) is 5.75 Å². The molecule has 0 radical (unpaired) electrons. The molecule has 2 N–H and O–H groups in total. The van der Waals surface area contributed by atoms with Crippen molar-refractivity contribution in [3.63, 3.8) is 0 Å². The second-order valence-corrected chi connectivity index (χ2v) is 9.97. The van der Waals surface area contributed by atoms with Crippen molar-refractivity contribution >= 4 is 23.1 Å². The third kappa shape index (κ3) is 6.03. The van der Waals surface area contributed by atoms with Crippen LogP contribution in [0.25, 0.3) is 5.70 Å². The van der Waals surface area contributed by atoms with Crippen LogP contribution in [0.5, 0.6) is 5.75 Å². The van der Waals surface area contributed by atoms with E-state index in [1.54, 1.807) is 37.5 Å². The molecule has 186 valence electrons. The molecule has 36 heavy (non-hydrogen) atoms. The topological polar surface area (TPSA) is 67.4 Å². The summed E-state index contributed by atoms with van der Waals surface area (Å²) < 4.78 is 5.40. The van der Waals surface area contributed by atoms with E-state index in [2.05, 4.69) is 37.5 Å². The van der Waals surface area contributed by atoms with Crippen LogP contribution < -0.4 is 15.4 Å². The summed E-state index contributed by atoms with van der Waals surface area (Å²) in [6, 6.07) is 20.7. The van der Waals surface area contributed by atoms with Crippen LogP contribution >= 0.6 is 0 Å². The van der Waals surface area contributed by atoms with Gasteiger partial charge >= 0.3 is 0 Å². The Morgan fingerprint density at radius 2 is 1.81 bits per heavy atom. The molecule has 3 aromatic carbocycles. The Morgan fingerprint density at radius 1 is 1.03 bits per heavy atom. The van der Waals surface area contributed by atoms with Gasteiger partial charge < -0.3 is 15.4 Å². The van der Waals surface area contributed by atoms with Gasteiger partial charge in [0.25, 0.3) is 5.91 Å². The number of fused-ring (bicyclic) bond motifs is 1. The number of aryl methyl sites for hydroxylation is 1. The van der Waals surface area contributed by atoms with Crippen LogP contribution in [0.1, 0.15) is 71.0 Å². The molecule has 0 aliphatic carbocycles. The van der Waals surface area contributed by atoms with Gasteiger partial charge in [-0.1, -0.05) is 43.7 Å². The summed E-state index contributed by atoms with van der Waals surface area (Å²) in [6.07, 6.45) is 5.77. The third-order valence-corrected chi connectivity index (χ3v) is 6.43. The maximum Gasteiger partial charge on any atom is 0.255 e. The number of anilines is 1. The first-order chi connectivity index (χ1) is 17.3. The van der Waals surface area contributed by atoms with E-state index < -0.39 is 0 Å². The molecule has 0 atom stereocenters. The van der Waals surface area contributed by atoms with Gasteiger partial charge in [-0.2, -0.15) is 0 Å². The highest BCUT2D eigenvalue weighted by Gasteiger charge is 2.28. The molecule has 0 unspecified atom stereocenters. The minimum Gasteiger partial charge on any atom is -0.497 e. The minimum absolute atomic E-state index is 0.139. The fraction of sp³-hybridized carbons (Fsp3) is 0.290. The summed E-state index contributed by atoms with van der Waals surface area (Å²) in [5.41, 5.74) is 5.62. The first-order valence-electron chi connectivity index (χ1n) is 12.5. The number of amides is 1. The number of benzene rings is 3. The van der Waals surface area contributed by atoms with Gasteiger partial charge in [0.1, 0.15) is 5.75 Å². The average Bonchev–Trinajstić information content (AvgIpc) is 2.87. The Bertz CT molecular complexity index is 1290. The fourth-order valence-electron chi connectivity index (χ4n) is 4.53. The molecular weight excluding hydrogens is 448 g/mol.